The SMILES string of the molecule is Cc1nc(-c2ccc3nccn3c2)c2c(n1)[C@@]1(c3ccccc3)C/C(=C/O)C(=O)[C@@H](C)[C@@H]1CC2. The quantitative estimate of drug-likeness (QED) is 0.343. The number of aryl methyl sites for hydroxylation is 1. The summed E-state index contributed by atoms with van der Waals surface area (Å²) in [6.07, 6.45) is 8.91. The summed E-state index contributed by atoms with van der Waals surface area (Å²) in [5.74, 6) is 0.631. The van der Waals surface area contributed by atoms with Gasteiger partial charge < -0.3 is 9.51 Å². The average Bonchev–Trinajstić information content (AvgIpc) is 3.34. The van der Waals surface area contributed by atoms with Crippen LogP contribution in [-0.4, -0.2) is 30.2 Å². The average molecular weight is 451 g/mol. The Labute approximate surface area is 198 Å². The smallest absolute Gasteiger partial charge is 0.165 e. The molecule has 1 saturated carbocycles. The van der Waals surface area contributed by atoms with E-state index < -0.39 is 5.41 Å². The zero-order valence-corrected chi connectivity index (χ0v) is 19.3. The minimum atomic E-state index is -0.502. The van der Waals surface area contributed by atoms with Gasteiger partial charge in [0.1, 0.15) is 11.5 Å². The van der Waals surface area contributed by atoms with E-state index in [1.54, 1.807) is 6.20 Å². The molecule has 0 radical (unpaired) electrons. The number of hydrogen-bond donors (Lipinski definition) is 1. The third-order valence-corrected chi connectivity index (χ3v) is 7.79. The molecule has 6 rings (SSSR count). The standard InChI is InChI=1S/C28H26N4O2/c1-17-23-10-9-22-25(19-8-11-24-29-12-13-32(24)15-19)30-18(2)31-27(22)28(23,14-20(16-33)26(17)34)21-6-4-3-5-7-21/h3-8,11-13,15-17,23,33H,9-10,14H2,1-2H3/b20-16-/t17-,23-,28+/m0/s1. The number of pyridine rings is 1. The van der Waals surface area contributed by atoms with E-state index in [-0.39, 0.29) is 17.6 Å². The van der Waals surface area contributed by atoms with E-state index in [2.05, 4.69) is 29.4 Å². The fourth-order valence-corrected chi connectivity index (χ4v) is 6.27. The highest BCUT2D eigenvalue weighted by Crippen LogP contribution is 2.56. The van der Waals surface area contributed by atoms with E-state index in [0.29, 0.717) is 17.8 Å². The van der Waals surface area contributed by atoms with Crippen LogP contribution in [0.3, 0.4) is 0 Å². The zero-order chi connectivity index (χ0) is 23.4. The molecule has 0 spiro atoms. The predicted molar refractivity (Wildman–Crippen MR) is 129 cm³/mol. The second-order valence-electron chi connectivity index (χ2n) is 9.52. The Morgan fingerprint density at radius 3 is 2.76 bits per heavy atom. The molecule has 2 aliphatic rings. The molecule has 3 heterocycles. The molecule has 0 amide bonds. The highest BCUT2D eigenvalue weighted by atomic mass is 16.2. The van der Waals surface area contributed by atoms with Crippen LogP contribution in [0, 0.1) is 18.8 Å². The van der Waals surface area contributed by atoms with Gasteiger partial charge in [0.15, 0.2) is 5.78 Å². The summed E-state index contributed by atoms with van der Waals surface area (Å²) in [6, 6.07) is 14.4. The Morgan fingerprint density at radius 2 is 1.97 bits per heavy atom. The fraction of sp³-hybridized carbons (Fsp3) is 0.286. The highest BCUT2D eigenvalue weighted by molar-refractivity contribution is 5.98. The van der Waals surface area contributed by atoms with Crippen LogP contribution in [0.5, 0.6) is 0 Å². The summed E-state index contributed by atoms with van der Waals surface area (Å²) in [5.41, 5.74) is 6.06. The molecule has 1 N–H and O–H groups in total. The summed E-state index contributed by atoms with van der Waals surface area (Å²) in [7, 11) is 0. The molecule has 0 saturated heterocycles. The van der Waals surface area contributed by atoms with Gasteiger partial charge >= 0.3 is 0 Å². The summed E-state index contributed by atoms with van der Waals surface area (Å²) in [6.45, 7) is 3.93. The van der Waals surface area contributed by atoms with E-state index in [4.69, 9.17) is 9.97 Å². The molecule has 3 atom stereocenters. The van der Waals surface area contributed by atoms with E-state index in [1.165, 1.54) is 0 Å². The van der Waals surface area contributed by atoms with Crippen LogP contribution >= 0.6 is 0 Å². The molecular formula is C28H26N4O2. The summed E-state index contributed by atoms with van der Waals surface area (Å²) >= 11 is 0. The lowest BCUT2D eigenvalue weighted by molar-refractivity contribution is -0.123. The summed E-state index contributed by atoms with van der Waals surface area (Å²) < 4.78 is 2.01. The topological polar surface area (TPSA) is 80.4 Å². The van der Waals surface area contributed by atoms with Gasteiger partial charge in [-0.05, 0) is 49.8 Å². The number of hydrogen-bond acceptors (Lipinski definition) is 5. The predicted octanol–water partition coefficient (Wildman–Crippen LogP) is 5.00. The van der Waals surface area contributed by atoms with Crippen molar-refractivity contribution in [2.24, 2.45) is 11.8 Å². The second-order valence-corrected chi connectivity index (χ2v) is 9.52. The minimum Gasteiger partial charge on any atom is -0.515 e. The molecule has 0 unspecified atom stereocenters. The third kappa shape index (κ3) is 2.87. The van der Waals surface area contributed by atoms with Crippen molar-refractivity contribution in [3.05, 3.63) is 95.5 Å². The maximum atomic E-state index is 13.1. The number of aromatic nitrogens is 4. The van der Waals surface area contributed by atoms with Crippen molar-refractivity contribution in [1.82, 2.24) is 19.4 Å². The Morgan fingerprint density at radius 1 is 1.15 bits per heavy atom. The number of benzene rings is 1. The minimum absolute atomic E-state index is 0.0408. The lowest BCUT2D eigenvalue weighted by Crippen LogP contribution is -2.51. The number of allylic oxidation sites excluding steroid dienone is 1. The molecule has 1 fully saturated rings. The van der Waals surface area contributed by atoms with Gasteiger partial charge in [-0.2, -0.15) is 0 Å². The molecule has 0 aliphatic heterocycles. The second kappa shape index (κ2) is 7.62. The van der Waals surface area contributed by atoms with Gasteiger partial charge in [-0.15, -0.1) is 0 Å². The van der Waals surface area contributed by atoms with Crippen LogP contribution < -0.4 is 0 Å². The molecule has 3 aromatic heterocycles. The molecule has 6 heteroatoms. The lowest BCUT2D eigenvalue weighted by atomic mass is 9.52. The lowest BCUT2D eigenvalue weighted by Gasteiger charge is -2.51. The fourth-order valence-electron chi connectivity index (χ4n) is 6.27. The van der Waals surface area contributed by atoms with Crippen LogP contribution in [0.25, 0.3) is 16.9 Å². The van der Waals surface area contributed by atoms with Crippen molar-refractivity contribution < 1.29 is 9.90 Å². The maximum Gasteiger partial charge on any atom is 0.165 e. The van der Waals surface area contributed by atoms with E-state index in [1.807, 2.05) is 48.7 Å². The van der Waals surface area contributed by atoms with Gasteiger partial charge in [-0.3, -0.25) is 4.79 Å². The number of fused-ring (bicyclic) bond motifs is 4. The number of ketones is 1. The first-order valence-corrected chi connectivity index (χ1v) is 11.8. The van der Waals surface area contributed by atoms with Gasteiger partial charge in [-0.1, -0.05) is 37.3 Å². The summed E-state index contributed by atoms with van der Waals surface area (Å²) in [5, 5.41) is 10.0. The molecule has 34 heavy (non-hydrogen) atoms. The number of Topliss-reactive ketones (excluding diaryl/α,β-unsaturated/α-hetero) is 1. The molecule has 1 aromatic carbocycles. The number of imidazole rings is 1. The maximum absolute atomic E-state index is 13.1. The Balaban J connectivity index is 1.65. The number of aliphatic hydroxyl groups is 1. The largest absolute Gasteiger partial charge is 0.515 e. The molecule has 2 aliphatic carbocycles. The van der Waals surface area contributed by atoms with E-state index >= 15 is 0 Å². The van der Waals surface area contributed by atoms with Crippen molar-refractivity contribution in [3.63, 3.8) is 0 Å². The van der Waals surface area contributed by atoms with Crippen molar-refractivity contribution >= 4 is 11.4 Å². The van der Waals surface area contributed by atoms with E-state index in [9.17, 15) is 9.90 Å². The molecule has 6 nitrogen and oxygen atoms in total. The van der Waals surface area contributed by atoms with Crippen molar-refractivity contribution in [2.75, 3.05) is 0 Å². The van der Waals surface area contributed by atoms with Crippen LogP contribution in [-0.2, 0) is 16.6 Å². The van der Waals surface area contributed by atoms with E-state index in [0.717, 1.165) is 52.8 Å². The van der Waals surface area contributed by atoms with Crippen molar-refractivity contribution in [1.29, 1.82) is 0 Å². The first-order chi connectivity index (χ1) is 16.5. The third-order valence-electron chi connectivity index (χ3n) is 7.79. The first kappa shape index (κ1) is 20.8. The normalized spacial score (nSPS) is 25.4. The van der Waals surface area contributed by atoms with Gasteiger partial charge in [0, 0.05) is 46.6 Å². The molecule has 4 aromatic rings. The Bertz CT molecular complexity index is 1460. The Hall–Kier alpha value is -3.80. The van der Waals surface area contributed by atoms with Crippen LogP contribution in [0.15, 0.2) is 72.9 Å². The van der Waals surface area contributed by atoms with Crippen molar-refractivity contribution in [2.45, 2.75) is 38.5 Å². The number of carbonyl (C=O) groups excluding carboxylic acids is 1. The van der Waals surface area contributed by atoms with Crippen LogP contribution in [0.2, 0.25) is 0 Å². The zero-order valence-electron chi connectivity index (χ0n) is 19.3. The van der Waals surface area contributed by atoms with Crippen LogP contribution in [0.4, 0.5) is 0 Å². The first-order valence-electron chi connectivity index (χ1n) is 11.8. The molecular weight excluding hydrogens is 424 g/mol. The summed E-state index contributed by atoms with van der Waals surface area (Å²) in [4.78, 5) is 27.4. The van der Waals surface area contributed by atoms with Crippen molar-refractivity contribution in [3.8, 4) is 11.3 Å². The molecule has 0 bridgehead atoms. The number of rotatable bonds is 2. The highest BCUT2D eigenvalue weighted by Gasteiger charge is 2.55. The molecule has 170 valence electrons. The number of carbonyl (C=O) groups is 1. The van der Waals surface area contributed by atoms with Gasteiger partial charge in [0.25, 0.3) is 0 Å². The van der Waals surface area contributed by atoms with Gasteiger partial charge in [-0.25, -0.2) is 15.0 Å². The van der Waals surface area contributed by atoms with Crippen LogP contribution in [0.1, 0.15) is 42.4 Å². The van der Waals surface area contributed by atoms with Gasteiger partial charge in [0.05, 0.1) is 17.6 Å². The number of nitrogens with zero attached hydrogens (tertiary/aromatic N) is 4. The number of aliphatic hydroxyl groups excluding tert-OH is 1. The van der Waals surface area contributed by atoms with Gasteiger partial charge in [0.2, 0.25) is 0 Å². The monoisotopic (exact) mass is 450 g/mol. The Kier molecular flexibility index (Phi) is 4.66.